The summed E-state index contributed by atoms with van der Waals surface area (Å²) >= 11 is 0. The van der Waals surface area contributed by atoms with Crippen molar-refractivity contribution in [2.45, 2.75) is 12.8 Å². The first-order chi connectivity index (χ1) is 13.2. The monoisotopic (exact) mass is 363 g/mol. The van der Waals surface area contributed by atoms with Crippen LogP contribution in [0.15, 0.2) is 42.9 Å². The number of rotatable bonds is 2. The normalized spacial score (nSPS) is 22.0. The fourth-order valence-electron chi connectivity index (χ4n) is 4.03. The Labute approximate surface area is 156 Å². The summed E-state index contributed by atoms with van der Waals surface area (Å²) in [7, 11) is 0. The zero-order chi connectivity index (χ0) is 18.3. The number of carbonyl (C=O) groups is 1. The van der Waals surface area contributed by atoms with Gasteiger partial charge in [-0.1, -0.05) is 12.1 Å². The fraction of sp³-hybridized carbons (Fsp3) is 0.368. The average molecular weight is 363 g/mol. The molecule has 2 fully saturated rings. The molecule has 1 unspecified atom stereocenters. The van der Waals surface area contributed by atoms with Gasteiger partial charge in [-0.3, -0.25) is 4.98 Å². The van der Waals surface area contributed by atoms with Gasteiger partial charge in [0.15, 0.2) is 5.82 Å². The molecule has 0 saturated carbocycles. The van der Waals surface area contributed by atoms with Crippen LogP contribution in [0.25, 0.3) is 16.9 Å². The molecule has 0 aliphatic carbocycles. The molecule has 8 nitrogen and oxygen atoms in total. The van der Waals surface area contributed by atoms with Crippen LogP contribution in [0.1, 0.15) is 12.8 Å². The number of aromatic nitrogens is 4. The predicted molar refractivity (Wildman–Crippen MR) is 102 cm³/mol. The molecular formula is C19H21N7O. The molecule has 2 saturated heterocycles. The van der Waals surface area contributed by atoms with Crippen molar-refractivity contribution in [1.29, 1.82) is 0 Å². The molecule has 0 radical (unpaired) electrons. The van der Waals surface area contributed by atoms with Crippen molar-refractivity contribution in [1.82, 2.24) is 30.0 Å². The molecule has 2 N–H and O–H groups in total. The first-order valence-corrected chi connectivity index (χ1v) is 9.24. The van der Waals surface area contributed by atoms with Crippen LogP contribution in [0.2, 0.25) is 0 Å². The third kappa shape index (κ3) is 3.02. The van der Waals surface area contributed by atoms with E-state index in [2.05, 4.69) is 25.7 Å². The number of carbonyl (C=O) groups excluding carboxylic acids is 1. The predicted octanol–water partition coefficient (Wildman–Crippen LogP) is 2.03. The lowest BCUT2D eigenvalue weighted by atomic mass is 9.87. The Kier molecular flexibility index (Phi) is 3.78. The summed E-state index contributed by atoms with van der Waals surface area (Å²) in [6.45, 7) is 3.68. The largest absolute Gasteiger partial charge is 0.324 e. The molecule has 2 aliphatic rings. The van der Waals surface area contributed by atoms with Gasteiger partial charge in [-0.15, -0.1) is 0 Å². The first-order valence-electron chi connectivity index (χ1n) is 9.24. The lowest BCUT2D eigenvalue weighted by molar-refractivity contribution is 0.215. The molecule has 0 bridgehead atoms. The Bertz CT molecular complexity index is 992. The van der Waals surface area contributed by atoms with Crippen LogP contribution in [0.3, 0.4) is 0 Å². The van der Waals surface area contributed by atoms with Gasteiger partial charge in [0.05, 0.1) is 35.3 Å². The lowest BCUT2D eigenvalue weighted by Gasteiger charge is -2.22. The molecule has 2 aliphatic heterocycles. The van der Waals surface area contributed by atoms with E-state index in [0.29, 0.717) is 11.5 Å². The van der Waals surface area contributed by atoms with Crippen molar-refractivity contribution < 1.29 is 4.79 Å². The second kappa shape index (κ2) is 6.31. The van der Waals surface area contributed by atoms with Gasteiger partial charge in [0.2, 0.25) is 0 Å². The van der Waals surface area contributed by atoms with E-state index in [9.17, 15) is 4.79 Å². The number of nitrogens with zero attached hydrogens (tertiary/aromatic N) is 5. The maximum atomic E-state index is 12.6. The van der Waals surface area contributed by atoms with Crippen LogP contribution in [0.4, 0.5) is 10.5 Å². The third-order valence-electron chi connectivity index (χ3n) is 5.56. The molecule has 2 aromatic heterocycles. The number of likely N-dealkylation sites (tertiary alicyclic amines) is 1. The number of nitrogens with one attached hydrogen (secondary N) is 2. The summed E-state index contributed by atoms with van der Waals surface area (Å²) < 4.78 is 1.63. The van der Waals surface area contributed by atoms with Crippen molar-refractivity contribution in [2.75, 3.05) is 31.5 Å². The molecule has 27 heavy (non-hydrogen) atoms. The number of hydrogen-bond donors (Lipinski definition) is 2. The Morgan fingerprint density at radius 3 is 2.93 bits per heavy atom. The standard InChI is InChI=1S/C19H21N7O/c27-18(25-8-6-19(13-25)5-7-20-12-19)23-14-9-22-26(11-14)17-10-21-15-3-1-2-4-16(15)24-17/h1-4,9-11,20H,5-8,12-13H2,(H,23,27). The number of anilines is 1. The second-order valence-corrected chi connectivity index (χ2v) is 7.42. The Balaban J connectivity index is 1.29. The summed E-state index contributed by atoms with van der Waals surface area (Å²) in [6, 6.07) is 7.63. The number of hydrogen-bond acceptors (Lipinski definition) is 5. The number of benzene rings is 1. The van der Waals surface area contributed by atoms with E-state index in [0.717, 1.165) is 50.1 Å². The summed E-state index contributed by atoms with van der Waals surface area (Å²) in [5.74, 6) is 0.617. The number of urea groups is 1. The highest BCUT2D eigenvalue weighted by atomic mass is 16.2. The lowest BCUT2D eigenvalue weighted by Crippen LogP contribution is -2.36. The number of para-hydroxylation sites is 2. The van der Waals surface area contributed by atoms with Gasteiger partial charge in [-0.2, -0.15) is 5.10 Å². The van der Waals surface area contributed by atoms with Gasteiger partial charge in [-0.05, 0) is 31.5 Å². The van der Waals surface area contributed by atoms with Gasteiger partial charge >= 0.3 is 6.03 Å². The molecule has 8 heteroatoms. The quantitative estimate of drug-likeness (QED) is 0.727. The highest BCUT2D eigenvalue weighted by Crippen LogP contribution is 2.36. The van der Waals surface area contributed by atoms with Gasteiger partial charge < -0.3 is 15.5 Å². The first kappa shape index (κ1) is 16.2. The maximum absolute atomic E-state index is 12.6. The van der Waals surface area contributed by atoms with E-state index < -0.39 is 0 Å². The van der Waals surface area contributed by atoms with Crippen molar-refractivity contribution in [3.8, 4) is 5.82 Å². The van der Waals surface area contributed by atoms with Crippen LogP contribution in [-0.4, -0.2) is 56.9 Å². The topological polar surface area (TPSA) is 88.0 Å². The minimum Gasteiger partial charge on any atom is -0.324 e. The Morgan fingerprint density at radius 2 is 2.07 bits per heavy atom. The summed E-state index contributed by atoms with van der Waals surface area (Å²) in [5.41, 5.74) is 2.57. The molecular weight excluding hydrogens is 342 g/mol. The molecule has 5 rings (SSSR count). The molecule has 1 atom stereocenters. The fourth-order valence-corrected chi connectivity index (χ4v) is 4.03. The second-order valence-electron chi connectivity index (χ2n) is 7.42. The molecule has 2 amide bonds. The SMILES string of the molecule is O=C(Nc1cnn(-c2cnc3ccccc3n2)c1)N1CCC2(CCNC2)C1. The number of amides is 2. The van der Waals surface area contributed by atoms with Crippen molar-refractivity contribution >= 4 is 22.8 Å². The van der Waals surface area contributed by atoms with Crippen LogP contribution in [0, 0.1) is 5.41 Å². The van der Waals surface area contributed by atoms with Crippen LogP contribution in [-0.2, 0) is 0 Å². The minimum atomic E-state index is -0.0667. The van der Waals surface area contributed by atoms with E-state index >= 15 is 0 Å². The molecule has 3 aromatic rings. The van der Waals surface area contributed by atoms with E-state index in [4.69, 9.17) is 0 Å². The van der Waals surface area contributed by atoms with Crippen molar-refractivity contribution in [3.05, 3.63) is 42.9 Å². The highest BCUT2D eigenvalue weighted by Gasteiger charge is 2.41. The minimum absolute atomic E-state index is 0.0667. The maximum Gasteiger partial charge on any atom is 0.321 e. The molecule has 1 spiro atoms. The average Bonchev–Trinajstić information content (AvgIpc) is 3.44. The van der Waals surface area contributed by atoms with Crippen LogP contribution < -0.4 is 10.6 Å². The van der Waals surface area contributed by atoms with Crippen molar-refractivity contribution in [3.63, 3.8) is 0 Å². The smallest absolute Gasteiger partial charge is 0.321 e. The van der Waals surface area contributed by atoms with Gasteiger partial charge in [0, 0.05) is 25.0 Å². The van der Waals surface area contributed by atoms with E-state index in [1.54, 1.807) is 23.3 Å². The van der Waals surface area contributed by atoms with Crippen molar-refractivity contribution in [2.24, 2.45) is 5.41 Å². The molecule has 138 valence electrons. The molecule has 4 heterocycles. The zero-order valence-electron chi connectivity index (χ0n) is 14.9. The Hall–Kier alpha value is -3.00. The van der Waals surface area contributed by atoms with E-state index in [1.807, 2.05) is 29.2 Å². The van der Waals surface area contributed by atoms with Gasteiger partial charge in [0.1, 0.15) is 0 Å². The summed E-state index contributed by atoms with van der Waals surface area (Å²) in [4.78, 5) is 23.5. The van der Waals surface area contributed by atoms with Crippen LogP contribution >= 0.6 is 0 Å². The number of fused-ring (bicyclic) bond motifs is 1. The van der Waals surface area contributed by atoms with E-state index in [-0.39, 0.29) is 11.4 Å². The van der Waals surface area contributed by atoms with Gasteiger partial charge in [0.25, 0.3) is 0 Å². The summed E-state index contributed by atoms with van der Waals surface area (Å²) in [5, 5.41) is 10.7. The zero-order valence-corrected chi connectivity index (χ0v) is 14.9. The van der Waals surface area contributed by atoms with Crippen LogP contribution in [0.5, 0.6) is 0 Å². The van der Waals surface area contributed by atoms with E-state index in [1.165, 1.54) is 0 Å². The van der Waals surface area contributed by atoms with Gasteiger partial charge in [-0.25, -0.2) is 14.5 Å². The Morgan fingerprint density at radius 1 is 1.19 bits per heavy atom. The molecule has 1 aromatic carbocycles. The highest BCUT2D eigenvalue weighted by molar-refractivity contribution is 5.89. The third-order valence-corrected chi connectivity index (χ3v) is 5.56. The summed E-state index contributed by atoms with van der Waals surface area (Å²) in [6.07, 6.45) is 7.30.